The number of aromatic amines is 1. The standard InChI is InChI=1S/C18H18BrN3OS/c1-10(15-6-7-16(19)24-15)20-17(23)9-11-8-12(11)18-21-13-4-2-3-5-14(13)22-18/h2-7,10-12H,8-9H2,1H3,(H,20,23)(H,21,22)/t10-,11+,12+/m1/s1. The van der Waals surface area contributed by atoms with Crippen LogP contribution < -0.4 is 5.32 Å². The van der Waals surface area contributed by atoms with Gasteiger partial charge in [-0.05, 0) is 59.5 Å². The summed E-state index contributed by atoms with van der Waals surface area (Å²) in [4.78, 5) is 21.5. The average Bonchev–Trinajstić information content (AvgIpc) is 2.97. The highest BCUT2D eigenvalue weighted by atomic mass is 79.9. The quantitative estimate of drug-likeness (QED) is 0.644. The first-order chi connectivity index (χ1) is 11.6. The van der Waals surface area contributed by atoms with E-state index in [4.69, 9.17) is 0 Å². The van der Waals surface area contributed by atoms with Crippen molar-refractivity contribution in [3.63, 3.8) is 0 Å². The molecule has 1 aromatic carbocycles. The molecule has 1 aliphatic carbocycles. The number of halogens is 1. The van der Waals surface area contributed by atoms with E-state index in [2.05, 4.69) is 31.2 Å². The van der Waals surface area contributed by atoms with Gasteiger partial charge in [-0.2, -0.15) is 0 Å². The van der Waals surface area contributed by atoms with Gasteiger partial charge >= 0.3 is 0 Å². The number of thiophene rings is 1. The van der Waals surface area contributed by atoms with Crippen LogP contribution in [0.4, 0.5) is 0 Å². The Morgan fingerprint density at radius 2 is 2.25 bits per heavy atom. The SMILES string of the molecule is C[C@@H](NC(=O)C[C@@H]1C[C@@H]1c1nc2ccccc2[nH]1)c1ccc(Br)s1. The van der Waals surface area contributed by atoms with E-state index in [1.165, 1.54) is 4.88 Å². The molecule has 4 rings (SSSR count). The molecule has 24 heavy (non-hydrogen) atoms. The molecule has 0 saturated heterocycles. The maximum Gasteiger partial charge on any atom is 0.220 e. The average molecular weight is 404 g/mol. The number of hydrogen-bond acceptors (Lipinski definition) is 3. The maximum absolute atomic E-state index is 12.3. The number of hydrogen-bond donors (Lipinski definition) is 2. The second-order valence-electron chi connectivity index (χ2n) is 6.38. The first-order valence-electron chi connectivity index (χ1n) is 8.09. The topological polar surface area (TPSA) is 57.8 Å². The zero-order valence-corrected chi connectivity index (χ0v) is 15.7. The molecule has 3 aromatic rings. The molecule has 0 radical (unpaired) electrons. The van der Waals surface area contributed by atoms with Crippen LogP contribution in [0.1, 0.15) is 42.4 Å². The first kappa shape index (κ1) is 15.8. The van der Waals surface area contributed by atoms with Crippen molar-refractivity contribution in [2.75, 3.05) is 0 Å². The van der Waals surface area contributed by atoms with E-state index in [-0.39, 0.29) is 11.9 Å². The Hall–Kier alpha value is -1.66. The van der Waals surface area contributed by atoms with Crippen molar-refractivity contribution in [2.24, 2.45) is 5.92 Å². The van der Waals surface area contributed by atoms with Gasteiger partial charge in [-0.15, -0.1) is 11.3 Å². The molecule has 0 aliphatic heterocycles. The van der Waals surface area contributed by atoms with Gasteiger partial charge in [-0.3, -0.25) is 4.79 Å². The van der Waals surface area contributed by atoms with Crippen molar-refractivity contribution in [2.45, 2.75) is 31.7 Å². The van der Waals surface area contributed by atoms with Gasteiger partial charge in [0.05, 0.1) is 20.9 Å². The van der Waals surface area contributed by atoms with Crippen molar-refractivity contribution in [1.29, 1.82) is 0 Å². The van der Waals surface area contributed by atoms with Gasteiger partial charge in [-0.1, -0.05) is 12.1 Å². The predicted molar refractivity (Wildman–Crippen MR) is 100 cm³/mol. The Morgan fingerprint density at radius 3 is 3.00 bits per heavy atom. The second-order valence-corrected chi connectivity index (χ2v) is 8.87. The highest BCUT2D eigenvalue weighted by Gasteiger charge is 2.41. The Labute approximate surface area is 152 Å². The summed E-state index contributed by atoms with van der Waals surface area (Å²) in [6.07, 6.45) is 1.60. The van der Waals surface area contributed by atoms with Crippen LogP contribution in [0.25, 0.3) is 11.0 Å². The summed E-state index contributed by atoms with van der Waals surface area (Å²) in [6, 6.07) is 12.2. The van der Waals surface area contributed by atoms with Crippen LogP contribution in [-0.2, 0) is 4.79 Å². The van der Waals surface area contributed by atoms with Gasteiger partial charge < -0.3 is 10.3 Å². The van der Waals surface area contributed by atoms with E-state index < -0.39 is 0 Å². The monoisotopic (exact) mass is 403 g/mol. The zero-order chi connectivity index (χ0) is 16.7. The number of rotatable bonds is 5. The van der Waals surface area contributed by atoms with E-state index in [1.54, 1.807) is 11.3 Å². The minimum atomic E-state index is 0.0530. The number of nitrogens with zero attached hydrogens (tertiary/aromatic N) is 1. The molecule has 1 fully saturated rings. The van der Waals surface area contributed by atoms with Crippen molar-refractivity contribution in [1.82, 2.24) is 15.3 Å². The molecule has 0 unspecified atom stereocenters. The van der Waals surface area contributed by atoms with Crippen molar-refractivity contribution in [3.05, 3.63) is 50.9 Å². The minimum absolute atomic E-state index is 0.0530. The number of H-pyrrole nitrogens is 1. The summed E-state index contributed by atoms with van der Waals surface area (Å²) in [5, 5.41) is 3.10. The third-order valence-electron chi connectivity index (χ3n) is 4.53. The van der Waals surface area contributed by atoms with Crippen LogP contribution in [0, 0.1) is 5.92 Å². The Kier molecular flexibility index (Phi) is 4.18. The van der Waals surface area contributed by atoms with Crippen LogP contribution in [0.2, 0.25) is 0 Å². The third-order valence-corrected chi connectivity index (χ3v) is 6.33. The molecule has 1 amide bonds. The molecule has 0 bridgehead atoms. The normalized spacial score (nSPS) is 20.9. The number of fused-ring (bicyclic) bond motifs is 1. The van der Waals surface area contributed by atoms with Gasteiger partial charge in [0, 0.05) is 17.2 Å². The first-order valence-corrected chi connectivity index (χ1v) is 9.70. The number of imidazole rings is 1. The van der Waals surface area contributed by atoms with E-state index >= 15 is 0 Å². The smallest absolute Gasteiger partial charge is 0.220 e. The van der Waals surface area contributed by atoms with E-state index in [0.29, 0.717) is 18.3 Å². The second kappa shape index (κ2) is 6.33. The van der Waals surface area contributed by atoms with Crippen LogP contribution in [0.5, 0.6) is 0 Å². The van der Waals surface area contributed by atoms with Crippen LogP contribution in [0.15, 0.2) is 40.2 Å². The van der Waals surface area contributed by atoms with Gasteiger partial charge in [0.25, 0.3) is 0 Å². The fraction of sp³-hybridized carbons (Fsp3) is 0.333. The Bertz CT molecular complexity index is 854. The predicted octanol–water partition coefficient (Wildman–Crippen LogP) is 4.76. The summed E-state index contributed by atoms with van der Waals surface area (Å²) in [7, 11) is 0. The number of nitrogens with one attached hydrogen (secondary N) is 2. The number of carbonyl (C=O) groups excluding carboxylic acids is 1. The number of carbonyl (C=O) groups is 1. The van der Waals surface area contributed by atoms with Crippen LogP contribution >= 0.6 is 27.3 Å². The summed E-state index contributed by atoms with van der Waals surface area (Å²) in [6.45, 7) is 2.03. The molecule has 6 heteroatoms. The fourth-order valence-electron chi connectivity index (χ4n) is 3.13. The van der Waals surface area contributed by atoms with Gasteiger partial charge in [0.1, 0.15) is 5.82 Å². The fourth-order valence-corrected chi connectivity index (χ4v) is 4.55. The number of aromatic nitrogens is 2. The molecule has 4 nitrogen and oxygen atoms in total. The number of para-hydroxylation sites is 2. The summed E-state index contributed by atoms with van der Waals surface area (Å²) in [5.74, 6) is 1.92. The lowest BCUT2D eigenvalue weighted by atomic mass is 10.2. The van der Waals surface area contributed by atoms with E-state index in [1.807, 2.05) is 43.3 Å². The number of amides is 1. The highest BCUT2D eigenvalue weighted by Crippen LogP contribution is 2.48. The largest absolute Gasteiger partial charge is 0.349 e. The third kappa shape index (κ3) is 3.26. The van der Waals surface area contributed by atoms with Gasteiger partial charge in [-0.25, -0.2) is 4.98 Å². The zero-order valence-electron chi connectivity index (χ0n) is 13.3. The molecule has 1 saturated carbocycles. The summed E-state index contributed by atoms with van der Waals surface area (Å²) < 4.78 is 1.09. The molecule has 0 spiro atoms. The van der Waals surface area contributed by atoms with Crippen LogP contribution in [0.3, 0.4) is 0 Å². The molecular formula is C18H18BrN3OS. The van der Waals surface area contributed by atoms with Gasteiger partial charge in [0.15, 0.2) is 0 Å². The molecule has 3 atom stereocenters. The molecule has 2 aromatic heterocycles. The lowest BCUT2D eigenvalue weighted by molar-refractivity contribution is -0.122. The Balaban J connectivity index is 1.34. The van der Waals surface area contributed by atoms with E-state index in [9.17, 15) is 4.79 Å². The molecule has 2 heterocycles. The summed E-state index contributed by atoms with van der Waals surface area (Å²) in [5.41, 5.74) is 2.07. The highest BCUT2D eigenvalue weighted by molar-refractivity contribution is 9.11. The molecule has 2 N–H and O–H groups in total. The summed E-state index contributed by atoms with van der Waals surface area (Å²) >= 11 is 5.12. The number of benzene rings is 1. The maximum atomic E-state index is 12.3. The van der Waals surface area contributed by atoms with Crippen molar-refractivity contribution >= 4 is 44.2 Å². The lowest BCUT2D eigenvalue weighted by Gasteiger charge is -2.11. The van der Waals surface area contributed by atoms with Crippen LogP contribution in [-0.4, -0.2) is 15.9 Å². The minimum Gasteiger partial charge on any atom is -0.349 e. The Morgan fingerprint density at radius 1 is 1.42 bits per heavy atom. The van der Waals surface area contributed by atoms with Crippen molar-refractivity contribution in [3.8, 4) is 0 Å². The van der Waals surface area contributed by atoms with Gasteiger partial charge in [0.2, 0.25) is 5.91 Å². The molecular weight excluding hydrogens is 386 g/mol. The molecule has 124 valence electrons. The van der Waals surface area contributed by atoms with E-state index in [0.717, 1.165) is 27.1 Å². The molecule has 1 aliphatic rings. The van der Waals surface area contributed by atoms with Crippen molar-refractivity contribution < 1.29 is 4.79 Å². The lowest BCUT2D eigenvalue weighted by Crippen LogP contribution is -2.26.